The van der Waals surface area contributed by atoms with Crippen molar-refractivity contribution >= 4 is 46.4 Å². The third kappa shape index (κ3) is 4.42. The zero-order valence-corrected chi connectivity index (χ0v) is 15.0. The number of carbonyl (C=O) groups is 2. The van der Waals surface area contributed by atoms with Crippen molar-refractivity contribution in [2.45, 2.75) is 0 Å². The Morgan fingerprint density at radius 1 is 0.692 bits per heavy atom. The summed E-state index contributed by atoms with van der Waals surface area (Å²) in [5, 5.41) is 6.31. The highest BCUT2D eigenvalue weighted by Gasteiger charge is 2.12. The van der Waals surface area contributed by atoms with Gasteiger partial charge < -0.3 is 10.6 Å². The molecule has 26 heavy (non-hydrogen) atoms. The molecule has 2 N–H and O–H groups in total. The summed E-state index contributed by atoms with van der Waals surface area (Å²) in [5.74, 6) is -0.668. The topological polar surface area (TPSA) is 58.2 Å². The molecule has 130 valence electrons. The Morgan fingerprint density at radius 3 is 2.00 bits per heavy atom. The van der Waals surface area contributed by atoms with E-state index in [1.807, 2.05) is 18.2 Å². The lowest BCUT2D eigenvalue weighted by Gasteiger charge is -2.09. The van der Waals surface area contributed by atoms with Crippen LogP contribution in [0, 0.1) is 0 Å². The Hall–Kier alpha value is -2.82. The van der Waals surface area contributed by atoms with Crippen LogP contribution in [0.3, 0.4) is 0 Å². The molecule has 0 atom stereocenters. The molecular formula is C20H14Cl2N2O2. The third-order valence-corrected chi connectivity index (χ3v) is 4.15. The number of para-hydroxylation sites is 1. The van der Waals surface area contributed by atoms with Crippen molar-refractivity contribution in [1.29, 1.82) is 0 Å². The van der Waals surface area contributed by atoms with Gasteiger partial charge in [0, 0.05) is 21.8 Å². The van der Waals surface area contributed by atoms with Crippen LogP contribution in [0.15, 0.2) is 72.8 Å². The number of hydrogen-bond acceptors (Lipinski definition) is 2. The monoisotopic (exact) mass is 384 g/mol. The molecule has 0 heterocycles. The van der Waals surface area contributed by atoms with E-state index in [0.29, 0.717) is 32.5 Å². The van der Waals surface area contributed by atoms with Crippen LogP contribution < -0.4 is 10.6 Å². The van der Waals surface area contributed by atoms with Gasteiger partial charge in [-0.3, -0.25) is 9.59 Å². The zero-order valence-electron chi connectivity index (χ0n) is 13.5. The summed E-state index contributed by atoms with van der Waals surface area (Å²) < 4.78 is 0. The molecule has 4 nitrogen and oxygen atoms in total. The van der Waals surface area contributed by atoms with Crippen LogP contribution in [-0.4, -0.2) is 11.8 Å². The van der Waals surface area contributed by atoms with E-state index in [4.69, 9.17) is 23.2 Å². The lowest BCUT2D eigenvalue weighted by molar-refractivity contribution is 0.102. The van der Waals surface area contributed by atoms with Crippen LogP contribution in [0.2, 0.25) is 10.0 Å². The van der Waals surface area contributed by atoms with Crippen molar-refractivity contribution < 1.29 is 9.59 Å². The minimum Gasteiger partial charge on any atom is -0.322 e. The first-order valence-corrected chi connectivity index (χ1v) is 8.51. The van der Waals surface area contributed by atoms with Gasteiger partial charge in [0.2, 0.25) is 0 Å². The maximum atomic E-state index is 12.4. The van der Waals surface area contributed by atoms with Crippen LogP contribution in [0.4, 0.5) is 11.4 Å². The van der Waals surface area contributed by atoms with Crippen LogP contribution in [0.1, 0.15) is 20.7 Å². The first kappa shape index (κ1) is 18.0. The average molecular weight is 385 g/mol. The molecule has 0 saturated carbocycles. The molecule has 6 heteroatoms. The van der Waals surface area contributed by atoms with E-state index < -0.39 is 0 Å². The third-order valence-electron chi connectivity index (χ3n) is 3.60. The Labute approximate surface area is 160 Å². The SMILES string of the molecule is O=C(Nc1ccccc1)c1cccc(C(=O)Nc2ccc(Cl)cc2Cl)c1. The lowest BCUT2D eigenvalue weighted by Crippen LogP contribution is -2.15. The Bertz CT molecular complexity index is 959. The highest BCUT2D eigenvalue weighted by atomic mass is 35.5. The smallest absolute Gasteiger partial charge is 0.255 e. The molecule has 0 bridgehead atoms. The summed E-state index contributed by atoms with van der Waals surface area (Å²) in [4.78, 5) is 24.8. The number of amides is 2. The molecule has 0 aliphatic carbocycles. The van der Waals surface area contributed by atoms with Gasteiger partial charge in [-0.05, 0) is 48.5 Å². The molecular weight excluding hydrogens is 371 g/mol. The highest BCUT2D eigenvalue weighted by molar-refractivity contribution is 6.36. The standard InChI is InChI=1S/C20H14Cl2N2O2/c21-15-9-10-18(17(22)12-15)24-20(26)14-6-4-5-13(11-14)19(25)23-16-7-2-1-3-8-16/h1-12H,(H,23,25)(H,24,26). The molecule has 0 fully saturated rings. The van der Waals surface area contributed by atoms with Crippen LogP contribution in [0.5, 0.6) is 0 Å². The number of benzene rings is 3. The number of anilines is 2. The fourth-order valence-electron chi connectivity index (χ4n) is 2.31. The normalized spacial score (nSPS) is 10.2. The lowest BCUT2D eigenvalue weighted by atomic mass is 10.1. The van der Waals surface area contributed by atoms with Crippen molar-refractivity contribution in [3.8, 4) is 0 Å². The van der Waals surface area contributed by atoms with Gasteiger partial charge in [0.15, 0.2) is 0 Å². The van der Waals surface area contributed by atoms with Crippen LogP contribution >= 0.6 is 23.2 Å². The molecule has 0 spiro atoms. The van der Waals surface area contributed by atoms with E-state index in [1.165, 1.54) is 6.07 Å². The number of hydrogen-bond donors (Lipinski definition) is 2. The minimum atomic E-state index is -0.372. The summed E-state index contributed by atoms with van der Waals surface area (Å²) in [7, 11) is 0. The molecule has 3 rings (SSSR count). The first-order valence-electron chi connectivity index (χ1n) is 7.76. The quantitative estimate of drug-likeness (QED) is 0.623. The van der Waals surface area contributed by atoms with Crippen molar-refractivity contribution in [3.05, 3.63) is 94.0 Å². The number of rotatable bonds is 4. The van der Waals surface area contributed by atoms with Gasteiger partial charge in [-0.1, -0.05) is 47.5 Å². The second-order valence-electron chi connectivity index (χ2n) is 5.48. The molecule has 0 aliphatic rings. The van der Waals surface area contributed by atoms with E-state index >= 15 is 0 Å². The van der Waals surface area contributed by atoms with Crippen molar-refractivity contribution in [2.75, 3.05) is 10.6 Å². The van der Waals surface area contributed by atoms with Gasteiger partial charge in [-0.15, -0.1) is 0 Å². The predicted molar refractivity (Wildman–Crippen MR) is 105 cm³/mol. The van der Waals surface area contributed by atoms with Gasteiger partial charge in [-0.2, -0.15) is 0 Å². The van der Waals surface area contributed by atoms with Gasteiger partial charge in [0.1, 0.15) is 0 Å². The van der Waals surface area contributed by atoms with Crippen LogP contribution in [0.25, 0.3) is 0 Å². The number of carbonyl (C=O) groups excluding carboxylic acids is 2. The largest absolute Gasteiger partial charge is 0.322 e. The Morgan fingerprint density at radius 2 is 1.35 bits per heavy atom. The van der Waals surface area contributed by atoms with Gasteiger partial charge in [-0.25, -0.2) is 0 Å². The number of halogens is 2. The Balaban J connectivity index is 1.76. The molecule has 3 aromatic rings. The van der Waals surface area contributed by atoms with Crippen molar-refractivity contribution in [2.24, 2.45) is 0 Å². The molecule has 0 radical (unpaired) electrons. The zero-order chi connectivity index (χ0) is 18.5. The van der Waals surface area contributed by atoms with Gasteiger partial charge in [0.05, 0.1) is 10.7 Å². The highest BCUT2D eigenvalue weighted by Crippen LogP contribution is 2.26. The summed E-state index contributed by atoms with van der Waals surface area (Å²) in [6, 6.07) is 20.3. The van der Waals surface area contributed by atoms with E-state index in [2.05, 4.69) is 10.6 Å². The fourth-order valence-corrected chi connectivity index (χ4v) is 2.77. The van der Waals surface area contributed by atoms with E-state index in [1.54, 1.807) is 48.5 Å². The molecule has 2 amide bonds. The van der Waals surface area contributed by atoms with E-state index in [9.17, 15) is 9.59 Å². The molecule has 0 saturated heterocycles. The van der Waals surface area contributed by atoms with E-state index in [-0.39, 0.29) is 11.8 Å². The Kier molecular flexibility index (Phi) is 5.56. The second-order valence-corrected chi connectivity index (χ2v) is 6.32. The van der Waals surface area contributed by atoms with Crippen molar-refractivity contribution in [1.82, 2.24) is 0 Å². The number of nitrogens with one attached hydrogen (secondary N) is 2. The minimum absolute atomic E-state index is 0.296. The predicted octanol–water partition coefficient (Wildman–Crippen LogP) is 5.50. The average Bonchev–Trinajstić information content (AvgIpc) is 2.65. The van der Waals surface area contributed by atoms with Crippen molar-refractivity contribution in [3.63, 3.8) is 0 Å². The summed E-state index contributed by atoms with van der Waals surface area (Å²) in [6.45, 7) is 0. The molecule has 3 aromatic carbocycles. The molecule has 0 aromatic heterocycles. The molecule has 0 unspecified atom stereocenters. The van der Waals surface area contributed by atoms with Crippen LogP contribution in [-0.2, 0) is 0 Å². The summed E-state index contributed by atoms with van der Waals surface area (Å²) >= 11 is 11.9. The summed E-state index contributed by atoms with van der Waals surface area (Å²) in [5.41, 5.74) is 1.85. The second kappa shape index (κ2) is 8.04. The maximum absolute atomic E-state index is 12.4. The summed E-state index contributed by atoms with van der Waals surface area (Å²) in [6.07, 6.45) is 0. The maximum Gasteiger partial charge on any atom is 0.255 e. The van der Waals surface area contributed by atoms with Gasteiger partial charge in [0.25, 0.3) is 11.8 Å². The van der Waals surface area contributed by atoms with E-state index in [0.717, 1.165) is 0 Å². The first-order chi connectivity index (χ1) is 12.5. The fraction of sp³-hybridized carbons (Fsp3) is 0. The molecule has 0 aliphatic heterocycles. The van der Waals surface area contributed by atoms with Gasteiger partial charge >= 0.3 is 0 Å².